The lowest BCUT2D eigenvalue weighted by Gasteiger charge is -2.09. The SMILES string of the molecule is COCCCNC(=O)COc1ccc(Br)cc1Br. The molecule has 0 fully saturated rings. The van der Waals surface area contributed by atoms with E-state index in [1.165, 1.54) is 0 Å². The molecule has 4 nitrogen and oxygen atoms in total. The van der Waals surface area contributed by atoms with Gasteiger partial charge < -0.3 is 14.8 Å². The number of hydrogen-bond acceptors (Lipinski definition) is 3. The average molecular weight is 381 g/mol. The van der Waals surface area contributed by atoms with Crippen LogP contribution in [0.1, 0.15) is 6.42 Å². The first-order valence-electron chi connectivity index (χ1n) is 5.47. The molecule has 0 saturated heterocycles. The van der Waals surface area contributed by atoms with E-state index in [1.54, 1.807) is 13.2 Å². The summed E-state index contributed by atoms with van der Waals surface area (Å²) < 4.78 is 12.0. The molecule has 0 aromatic heterocycles. The number of nitrogens with one attached hydrogen (secondary N) is 1. The van der Waals surface area contributed by atoms with Crippen LogP contribution in [0.25, 0.3) is 0 Å². The standard InChI is InChI=1S/C12H15Br2NO3/c1-17-6-2-5-15-12(16)8-18-11-4-3-9(13)7-10(11)14/h3-4,7H,2,5-6,8H2,1H3,(H,15,16). The number of hydrogen-bond donors (Lipinski definition) is 1. The van der Waals surface area contributed by atoms with Crippen molar-refractivity contribution in [3.05, 3.63) is 27.1 Å². The minimum Gasteiger partial charge on any atom is -0.483 e. The predicted octanol–water partition coefficient (Wildman–Crippen LogP) is 2.74. The van der Waals surface area contributed by atoms with Crippen LogP contribution in [0.5, 0.6) is 5.75 Å². The first-order valence-corrected chi connectivity index (χ1v) is 7.05. The summed E-state index contributed by atoms with van der Waals surface area (Å²) in [7, 11) is 1.63. The van der Waals surface area contributed by atoms with Gasteiger partial charge in [0.05, 0.1) is 4.47 Å². The second-order valence-electron chi connectivity index (χ2n) is 3.56. The molecule has 0 aliphatic heterocycles. The Hall–Kier alpha value is -0.590. The molecule has 0 atom stereocenters. The number of benzene rings is 1. The van der Waals surface area contributed by atoms with Gasteiger partial charge in [-0.05, 0) is 40.5 Å². The summed E-state index contributed by atoms with van der Waals surface area (Å²) in [5, 5.41) is 2.75. The van der Waals surface area contributed by atoms with E-state index in [0.717, 1.165) is 15.4 Å². The summed E-state index contributed by atoms with van der Waals surface area (Å²) in [6.07, 6.45) is 0.796. The van der Waals surface area contributed by atoms with Crippen LogP contribution < -0.4 is 10.1 Å². The zero-order valence-corrected chi connectivity index (χ0v) is 13.2. The van der Waals surface area contributed by atoms with Gasteiger partial charge in [0.25, 0.3) is 5.91 Å². The fraction of sp³-hybridized carbons (Fsp3) is 0.417. The first-order chi connectivity index (χ1) is 8.63. The second-order valence-corrected chi connectivity index (χ2v) is 5.33. The van der Waals surface area contributed by atoms with Crippen molar-refractivity contribution in [2.45, 2.75) is 6.42 Å². The lowest BCUT2D eigenvalue weighted by atomic mass is 10.3. The summed E-state index contributed by atoms with van der Waals surface area (Å²) in [6.45, 7) is 1.24. The lowest BCUT2D eigenvalue weighted by molar-refractivity contribution is -0.123. The molecule has 18 heavy (non-hydrogen) atoms. The van der Waals surface area contributed by atoms with Gasteiger partial charge in [-0.25, -0.2) is 0 Å². The molecule has 0 unspecified atom stereocenters. The Kier molecular flexibility index (Phi) is 7.31. The second kappa shape index (κ2) is 8.50. The molecule has 1 N–H and O–H groups in total. The molecule has 0 radical (unpaired) electrons. The fourth-order valence-electron chi connectivity index (χ4n) is 1.23. The molecule has 1 aromatic rings. The molecule has 0 bridgehead atoms. The molecule has 1 aromatic carbocycles. The average Bonchev–Trinajstić information content (AvgIpc) is 2.33. The lowest BCUT2D eigenvalue weighted by Crippen LogP contribution is -2.30. The smallest absolute Gasteiger partial charge is 0.257 e. The van der Waals surface area contributed by atoms with Crippen LogP contribution in [0.4, 0.5) is 0 Å². The summed E-state index contributed by atoms with van der Waals surface area (Å²) >= 11 is 6.72. The van der Waals surface area contributed by atoms with Gasteiger partial charge in [0.1, 0.15) is 5.75 Å². The van der Waals surface area contributed by atoms with E-state index >= 15 is 0 Å². The predicted molar refractivity (Wildman–Crippen MR) is 76.8 cm³/mol. The van der Waals surface area contributed by atoms with Crippen molar-refractivity contribution in [2.24, 2.45) is 0 Å². The highest BCUT2D eigenvalue weighted by molar-refractivity contribution is 9.11. The zero-order chi connectivity index (χ0) is 13.4. The van der Waals surface area contributed by atoms with Crippen molar-refractivity contribution in [3.8, 4) is 5.75 Å². The normalized spacial score (nSPS) is 10.2. The Labute approximate surface area is 123 Å². The van der Waals surface area contributed by atoms with Gasteiger partial charge in [0.2, 0.25) is 0 Å². The Morgan fingerprint density at radius 3 is 2.83 bits per heavy atom. The molecule has 0 aliphatic carbocycles. The van der Waals surface area contributed by atoms with E-state index in [1.807, 2.05) is 12.1 Å². The zero-order valence-electron chi connectivity index (χ0n) is 10.0. The molecule has 100 valence electrons. The van der Waals surface area contributed by atoms with Crippen LogP contribution in [-0.2, 0) is 9.53 Å². The Morgan fingerprint density at radius 2 is 2.17 bits per heavy atom. The number of carbonyl (C=O) groups excluding carboxylic acids is 1. The Morgan fingerprint density at radius 1 is 1.39 bits per heavy atom. The van der Waals surface area contributed by atoms with Gasteiger partial charge in [-0.15, -0.1) is 0 Å². The molecule has 6 heteroatoms. The van der Waals surface area contributed by atoms with Gasteiger partial charge in [-0.1, -0.05) is 15.9 Å². The number of methoxy groups -OCH3 is 1. The minimum absolute atomic E-state index is 0.00716. The maximum atomic E-state index is 11.5. The van der Waals surface area contributed by atoms with Crippen LogP contribution in [0.3, 0.4) is 0 Å². The van der Waals surface area contributed by atoms with Crippen LogP contribution >= 0.6 is 31.9 Å². The molecular weight excluding hydrogens is 366 g/mol. The largest absolute Gasteiger partial charge is 0.483 e. The van der Waals surface area contributed by atoms with Gasteiger partial charge in [-0.2, -0.15) is 0 Å². The fourth-order valence-corrected chi connectivity index (χ4v) is 2.39. The molecule has 0 aliphatic rings. The number of amides is 1. The minimum atomic E-state index is -0.138. The van der Waals surface area contributed by atoms with E-state index in [4.69, 9.17) is 9.47 Å². The molecule has 1 amide bonds. The highest BCUT2D eigenvalue weighted by Gasteiger charge is 2.05. The van der Waals surface area contributed by atoms with E-state index in [2.05, 4.69) is 37.2 Å². The van der Waals surface area contributed by atoms with Crippen molar-refractivity contribution < 1.29 is 14.3 Å². The maximum absolute atomic E-state index is 11.5. The summed E-state index contributed by atoms with van der Waals surface area (Å²) in [5.74, 6) is 0.506. The molecule has 0 heterocycles. The van der Waals surface area contributed by atoms with E-state index in [-0.39, 0.29) is 12.5 Å². The monoisotopic (exact) mass is 379 g/mol. The highest BCUT2D eigenvalue weighted by Crippen LogP contribution is 2.27. The van der Waals surface area contributed by atoms with Crippen molar-refractivity contribution in [1.29, 1.82) is 0 Å². The van der Waals surface area contributed by atoms with Crippen molar-refractivity contribution in [1.82, 2.24) is 5.32 Å². The Balaban J connectivity index is 2.29. The van der Waals surface area contributed by atoms with Crippen molar-refractivity contribution >= 4 is 37.8 Å². The number of carbonyl (C=O) groups is 1. The van der Waals surface area contributed by atoms with Gasteiger partial charge in [0, 0.05) is 24.7 Å². The first kappa shape index (κ1) is 15.5. The van der Waals surface area contributed by atoms with Crippen LogP contribution in [0.15, 0.2) is 27.1 Å². The third-order valence-electron chi connectivity index (χ3n) is 2.10. The van der Waals surface area contributed by atoms with Gasteiger partial charge in [0.15, 0.2) is 6.61 Å². The highest BCUT2D eigenvalue weighted by atomic mass is 79.9. The quantitative estimate of drug-likeness (QED) is 0.740. The van der Waals surface area contributed by atoms with Gasteiger partial charge >= 0.3 is 0 Å². The third kappa shape index (κ3) is 5.84. The molecule has 0 saturated carbocycles. The maximum Gasteiger partial charge on any atom is 0.257 e. The van der Waals surface area contributed by atoms with E-state index in [0.29, 0.717) is 18.9 Å². The molecule has 1 rings (SSSR count). The van der Waals surface area contributed by atoms with Crippen LogP contribution in [0.2, 0.25) is 0 Å². The van der Waals surface area contributed by atoms with E-state index in [9.17, 15) is 4.79 Å². The number of rotatable bonds is 7. The number of ether oxygens (including phenoxy) is 2. The number of halogens is 2. The van der Waals surface area contributed by atoms with Gasteiger partial charge in [-0.3, -0.25) is 4.79 Å². The summed E-state index contributed by atoms with van der Waals surface area (Å²) in [6, 6.07) is 5.52. The van der Waals surface area contributed by atoms with Crippen LogP contribution in [0, 0.1) is 0 Å². The van der Waals surface area contributed by atoms with Crippen molar-refractivity contribution in [2.75, 3.05) is 26.9 Å². The molecule has 0 spiro atoms. The summed E-state index contributed by atoms with van der Waals surface area (Å²) in [4.78, 5) is 11.5. The molecular formula is C12H15Br2NO3. The van der Waals surface area contributed by atoms with Crippen LogP contribution in [-0.4, -0.2) is 32.8 Å². The Bertz CT molecular complexity index is 399. The third-order valence-corrected chi connectivity index (χ3v) is 3.21. The van der Waals surface area contributed by atoms with E-state index < -0.39 is 0 Å². The van der Waals surface area contributed by atoms with Crippen molar-refractivity contribution in [3.63, 3.8) is 0 Å². The summed E-state index contributed by atoms with van der Waals surface area (Å²) in [5.41, 5.74) is 0. The topological polar surface area (TPSA) is 47.6 Å².